The summed E-state index contributed by atoms with van der Waals surface area (Å²) in [5.41, 5.74) is -0.294. The summed E-state index contributed by atoms with van der Waals surface area (Å²) in [5, 5.41) is 8.69. The number of rotatable bonds is 8. The van der Waals surface area contributed by atoms with E-state index in [4.69, 9.17) is 14.7 Å². The molecule has 1 aromatic carbocycles. The molecule has 1 aliphatic rings. The quantitative estimate of drug-likeness (QED) is 0.609. The van der Waals surface area contributed by atoms with Crippen LogP contribution >= 0.6 is 0 Å². The van der Waals surface area contributed by atoms with Gasteiger partial charge in [0.05, 0.1) is 13.2 Å². The molecule has 0 atom stereocenters. The van der Waals surface area contributed by atoms with Gasteiger partial charge < -0.3 is 9.47 Å². The van der Waals surface area contributed by atoms with Crippen molar-refractivity contribution >= 4 is 0 Å². The number of hydrogen-bond acceptors (Lipinski definition) is 3. The highest BCUT2D eigenvalue weighted by Crippen LogP contribution is 2.29. The molecule has 132 valence electrons. The van der Waals surface area contributed by atoms with E-state index >= 15 is 0 Å². The minimum atomic E-state index is -0.881. The molecule has 1 saturated heterocycles. The summed E-state index contributed by atoms with van der Waals surface area (Å²) in [4.78, 5) is 0. The fourth-order valence-corrected chi connectivity index (χ4v) is 2.95. The normalized spacial score (nSPS) is 20.8. The van der Waals surface area contributed by atoms with E-state index in [0.717, 1.165) is 25.0 Å². The van der Waals surface area contributed by atoms with E-state index in [-0.39, 0.29) is 5.56 Å². The highest BCUT2D eigenvalue weighted by Gasteiger charge is 2.25. The molecule has 1 heterocycles. The first-order valence-corrected chi connectivity index (χ1v) is 8.78. The third-order valence-electron chi connectivity index (χ3n) is 4.38. The van der Waals surface area contributed by atoms with Gasteiger partial charge in [0.2, 0.25) is 0 Å². The maximum absolute atomic E-state index is 13.7. The number of benzene rings is 1. The van der Waals surface area contributed by atoms with Gasteiger partial charge in [-0.25, -0.2) is 8.78 Å². The molecule has 0 aromatic heterocycles. The van der Waals surface area contributed by atoms with Gasteiger partial charge in [0.15, 0.2) is 6.29 Å². The van der Waals surface area contributed by atoms with Gasteiger partial charge in [-0.05, 0) is 18.6 Å². The molecular weight excluding hydrogens is 312 g/mol. The van der Waals surface area contributed by atoms with Crippen molar-refractivity contribution in [2.24, 2.45) is 5.92 Å². The molecule has 5 heteroatoms. The van der Waals surface area contributed by atoms with E-state index in [1.807, 2.05) is 0 Å². The van der Waals surface area contributed by atoms with Gasteiger partial charge in [-0.15, -0.1) is 0 Å². The van der Waals surface area contributed by atoms with Gasteiger partial charge in [-0.2, -0.15) is 5.26 Å². The SMILES string of the molecule is CCCCCCCCC1COC(c2cc(F)c(C#N)c(F)c2)OC1. The van der Waals surface area contributed by atoms with E-state index in [2.05, 4.69) is 6.92 Å². The lowest BCUT2D eigenvalue weighted by Crippen LogP contribution is -2.27. The summed E-state index contributed by atoms with van der Waals surface area (Å²) < 4.78 is 38.6. The van der Waals surface area contributed by atoms with Crippen LogP contribution in [-0.4, -0.2) is 13.2 Å². The topological polar surface area (TPSA) is 42.2 Å². The van der Waals surface area contributed by atoms with Crippen LogP contribution < -0.4 is 0 Å². The minimum Gasteiger partial charge on any atom is -0.348 e. The third-order valence-corrected chi connectivity index (χ3v) is 4.38. The Hall–Kier alpha value is -1.51. The number of halogens is 2. The van der Waals surface area contributed by atoms with Gasteiger partial charge >= 0.3 is 0 Å². The lowest BCUT2D eigenvalue weighted by molar-refractivity contribution is -0.206. The molecule has 0 spiro atoms. The maximum Gasteiger partial charge on any atom is 0.184 e. The summed E-state index contributed by atoms with van der Waals surface area (Å²) >= 11 is 0. The number of ether oxygens (including phenoxy) is 2. The van der Waals surface area contributed by atoms with Gasteiger partial charge in [0.1, 0.15) is 23.3 Å². The minimum absolute atomic E-state index is 0.280. The lowest BCUT2D eigenvalue weighted by Gasteiger charge is -2.29. The molecule has 1 aromatic rings. The highest BCUT2D eigenvalue weighted by atomic mass is 19.1. The van der Waals surface area contributed by atoms with Crippen LogP contribution in [0.15, 0.2) is 12.1 Å². The molecule has 3 nitrogen and oxygen atoms in total. The highest BCUT2D eigenvalue weighted by molar-refractivity contribution is 5.35. The molecule has 0 radical (unpaired) electrons. The Morgan fingerprint density at radius 3 is 2.21 bits per heavy atom. The number of hydrogen-bond donors (Lipinski definition) is 0. The predicted molar refractivity (Wildman–Crippen MR) is 87.2 cm³/mol. The zero-order chi connectivity index (χ0) is 17.4. The molecule has 0 aliphatic carbocycles. The fourth-order valence-electron chi connectivity index (χ4n) is 2.95. The Balaban J connectivity index is 1.76. The summed E-state index contributed by atoms with van der Waals surface area (Å²) in [7, 11) is 0. The van der Waals surface area contributed by atoms with Crippen LogP contribution in [0.2, 0.25) is 0 Å². The van der Waals surface area contributed by atoms with Gasteiger partial charge in [-0.3, -0.25) is 0 Å². The van der Waals surface area contributed by atoms with Crippen molar-refractivity contribution in [3.05, 3.63) is 34.9 Å². The van der Waals surface area contributed by atoms with Crippen LogP contribution in [0.1, 0.15) is 69.3 Å². The summed E-state index contributed by atoms with van der Waals surface area (Å²) in [5.74, 6) is -1.43. The van der Waals surface area contributed by atoms with E-state index in [9.17, 15) is 8.78 Å². The first-order valence-electron chi connectivity index (χ1n) is 8.78. The molecule has 0 N–H and O–H groups in total. The Kier molecular flexibility index (Phi) is 7.61. The molecule has 0 saturated carbocycles. The zero-order valence-electron chi connectivity index (χ0n) is 14.2. The number of unbranched alkanes of at least 4 members (excludes halogenated alkanes) is 5. The smallest absolute Gasteiger partial charge is 0.184 e. The van der Waals surface area contributed by atoms with Crippen molar-refractivity contribution in [2.45, 2.75) is 58.2 Å². The summed E-state index contributed by atoms with van der Waals surface area (Å²) in [6, 6.07) is 3.73. The van der Waals surface area contributed by atoms with Crippen molar-refractivity contribution in [3.8, 4) is 6.07 Å². The van der Waals surface area contributed by atoms with Crippen LogP contribution in [0, 0.1) is 28.9 Å². The average molecular weight is 337 g/mol. The van der Waals surface area contributed by atoms with Crippen LogP contribution in [-0.2, 0) is 9.47 Å². The molecule has 0 bridgehead atoms. The molecule has 0 unspecified atom stereocenters. The molecule has 1 fully saturated rings. The van der Waals surface area contributed by atoms with Crippen molar-refractivity contribution in [2.75, 3.05) is 13.2 Å². The van der Waals surface area contributed by atoms with Crippen molar-refractivity contribution < 1.29 is 18.3 Å². The summed E-state index contributed by atoms with van der Waals surface area (Å²) in [6.45, 7) is 3.27. The Morgan fingerprint density at radius 1 is 1.04 bits per heavy atom. The first kappa shape index (κ1) is 18.8. The molecule has 2 rings (SSSR count). The zero-order valence-corrected chi connectivity index (χ0v) is 14.2. The van der Waals surface area contributed by atoms with Crippen LogP contribution in [0.5, 0.6) is 0 Å². The van der Waals surface area contributed by atoms with Gasteiger partial charge in [0, 0.05) is 11.5 Å². The van der Waals surface area contributed by atoms with E-state index in [1.165, 1.54) is 38.2 Å². The Morgan fingerprint density at radius 2 is 1.62 bits per heavy atom. The molecule has 24 heavy (non-hydrogen) atoms. The second-order valence-electron chi connectivity index (χ2n) is 6.39. The fraction of sp³-hybridized carbons (Fsp3) is 0.632. The molecule has 1 aliphatic heterocycles. The van der Waals surface area contributed by atoms with Crippen LogP contribution in [0.3, 0.4) is 0 Å². The van der Waals surface area contributed by atoms with Gasteiger partial charge in [-0.1, -0.05) is 45.4 Å². The average Bonchev–Trinajstić information content (AvgIpc) is 2.58. The van der Waals surface area contributed by atoms with Crippen LogP contribution in [0.25, 0.3) is 0 Å². The monoisotopic (exact) mass is 337 g/mol. The molecule has 0 amide bonds. The van der Waals surface area contributed by atoms with E-state index in [1.54, 1.807) is 0 Å². The molecular formula is C19H25F2NO2. The van der Waals surface area contributed by atoms with E-state index in [0.29, 0.717) is 19.1 Å². The van der Waals surface area contributed by atoms with Crippen molar-refractivity contribution in [1.29, 1.82) is 5.26 Å². The van der Waals surface area contributed by atoms with Crippen molar-refractivity contribution in [1.82, 2.24) is 0 Å². The third kappa shape index (κ3) is 5.25. The Bertz CT molecular complexity index is 540. The largest absolute Gasteiger partial charge is 0.348 e. The van der Waals surface area contributed by atoms with Crippen molar-refractivity contribution in [3.63, 3.8) is 0 Å². The maximum atomic E-state index is 13.7. The first-order chi connectivity index (χ1) is 11.7. The van der Waals surface area contributed by atoms with Crippen LogP contribution in [0.4, 0.5) is 8.78 Å². The van der Waals surface area contributed by atoms with Gasteiger partial charge in [0.25, 0.3) is 0 Å². The number of nitrogens with zero attached hydrogens (tertiary/aromatic N) is 1. The second kappa shape index (κ2) is 9.71. The van der Waals surface area contributed by atoms with E-state index < -0.39 is 23.5 Å². The lowest BCUT2D eigenvalue weighted by atomic mass is 10.0. The summed E-state index contributed by atoms with van der Waals surface area (Å²) in [6.07, 6.45) is 7.80. The standard InChI is InChI=1S/C19H25F2NO2/c1-2-3-4-5-6-7-8-14-12-23-19(24-13-14)15-9-17(20)16(11-22)18(21)10-15/h9-10,14,19H,2-8,12-13H2,1H3. The Labute approximate surface area is 142 Å². The number of nitriles is 1. The second-order valence-corrected chi connectivity index (χ2v) is 6.39. The predicted octanol–water partition coefficient (Wildman–Crippen LogP) is 5.25.